The van der Waals surface area contributed by atoms with Crippen molar-refractivity contribution in [2.45, 2.75) is 19.3 Å². The number of benzene rings is 1. The van der Waals surface area contributed by atoms with Crippen molar-refractivity contribution < 1.29 is 4.74 Å². The summed E-state index contributed by atoms with van der Waals surface area (Å²) in [4.78, 5) is 4.12. The van der Waals surface area contributed by atoms with Crippen molar-refractivity contribution >= 4 is 5.82 Å². The summed E-state index contributed by atoms with van der Waals surface area (Å²) in [5.41, 5.74) is 9.46. The molecule has 0 amide bonds. The van der Waals surface area contributed by atoms with E-state index < -0.39 is 0 Å². The van der Waals surface area contributed by atoms with Crippen LogP contribution < -0.4 is 10.5 Å². The lowest BCUT2D eigenvalue weighted by Crippen LogP contribution is -2.11. The summed E-state index contributed by atoms with van der Waals surface area (Å²) in [6.07, 6.45) is 4.70. The van der Waals surface area contributed by atoms with Crippen LogP contribution in [0.5, 0.6) is 5.75 Å². The Bertz CT molecular complexity index is 566. The largest absolute Gasteiger partial charge is 0.493 e. The Morgan fingerprint density at radius 2 is 2.06 bits per heavy atom. The van der Waals surface area contributed by atoms with Crippen molar-refractivity contribution in [3.8, 4) is 5.75 Å². The van der Waals surface area contributed by atoms with Crippen LogP contribution >= 0.6 is 0 Å². The maximum atomic E-state index is 5.89. The molecule has 0 atom stereocenters. The van der Waals surface area contributed by atoms with Gasteiger partial charge in [0.25, 0.3) is 0 Å². The highest BCUT2D eigenvalue weighted by atomic mass is 16.5. The minimum atomic E-state index is 0.603. The molecule has 3 heteroatoms. The Labute approximate surface area is 107 Å². The van der Waals surface area contributed by atoms with Crippen LogP contribution in [0.4, 0.5) is 5.82 Å². The van der Waals surface area contributed by atoms with E-state index in [0.29, 0.717) is 5.82 Å². The number of para-hydroxylation sites is 1. The van der Waals surface area contributed by atoms with Gasteiger partial charge in [-0.1, -0.05) is 24.3 Å². The van der Waals surface area contributed by atoms with E-state index in [2.05, 4.69) is 23.2 Å². The Hall–Kier alpha value is -2.03. The second-order valence-electron chi connectivity index (χ2n) is 4.58. The van der Waals surface area contributed by atoms with Crippen molar-refractivity contribution in [3.05, 3.63) is 53.2 Å². The van der Waals surface area contributed by atoms with Gasteiger partial charge in [0.05, 0.1) is 6.61 Å². The zero-order valence-electron chi connectivity index (χ0n) is 10.2. The summed E-state index contributed by atoms with van der Waals surface area (Å²) in [7, 11) is 0. The first-order valence-corrected chi connectivity index (χ1v) is 6.27. The molecule has 0 aliphatic carbocycles. The lowest BCUT2D eigenvalue weighted by Gasteiger charge is -2.20. The van der Waals surface area contributed by atoms with Crippen LogP contribution in [0.1, 0.15) is 23.1 Å². The molecule has 18 heavy (non-hydrogen) atoms. The second kappa shape index (κ2) is 4.69. The number of pyridine rings is 1. The number of anilines is 1. The normalized spacial score (nSPS) is 13.8. The van der Waals surface area contributed by atoms with E-state index in [1.54, 1.807) is 6.20 Å². The van der Waals surface area contributed by atoms with Crippen LogP contribution in [0.15, 0.2) is 36.5 Å². The summed E-state index contributed by atoms with van der Waals surface area (Å²) in [6, 6.07) is 10.3. The van der Waals surface area contributed by atoms with Crippen molar-refractivity contribution in [3.63, 3.8) is 0 Å². The Morgan fingerprint density at radius 3 is 2.94 bits per heavy atom. The Balaban J connectivity index is 1.96. The molecule has 2 heterocycles. The molecule has 0 saturated carbocycles. The number of hydrogen-bond donors (Lipinski definition) is 1. The van der Waals surface area contributed by atoms with Crippen LogP contribution in [0.3, 0.4) is 0 Å². The van der Waals surface area contributed by atoms with Crippen LogP contribution in [0.2, 0.25) is 0 Å². The lowest BCUT2D eigenvalue weighted by molar-refractivity contribution is 0.285. The van der Waals surface area contributed by atoms with Crippen molar-refractivity contribution in [1.29, 1.82) is 0 Å². The highest BCUT2D eigenvalue weighted by Gasteiger charge is 2.15. The number of rotatable bonds is 2. The SMILES string of the molecule is Nc1ncccc1Cc1cccc2c1OCCC2. The molecular formula is C15H16N2O. The van der Waals surface area contributed by atoms with Gasteiger partial charge in [0.15, 0.2) is 0 Å². The van der Waals surface area contributed by atoms with E-state index in [4.69, 9.17) is 10.5 Å². The van der Waals surface area contributed by atoms with Gasteiger partial charge in [-0.2, -0.15) is 0 Å². The summed E-state index contributed by atoms with van der Waals surface area (Å²) in [5, 5.41) is 0. The molecule has 1 aromatic heterocycles. The molecule has 0 fully saturated rings. The van der Waals surface area contributed by atoms with E-state index in [9.17, 15) is 0 Å². The maximum absolute atomic E-state index is 5.89. The van der Waals surface area contributed by atoms with E-state index in [-0.39, 0.29) is 0 Å². The lowest BCUT2D eigenvalue weighted by atomic mass is 9.98. The van der Waals surface area contributed by atoms with Crippen LogP contribution in [-0.2, 0) is 12.8 Å². The van der Waals surface area contributed by atoms with Gasteiger partial charge in [0.1, 0.15) is 11.6 Å². The molecule has 2 N–H and O–H groups in total. The molecule has 92 valence electrons. The van der Waals surface area contributed by atoms with Crippen molar-refractivity contribution in [2.24, 2.45) is 0 Å². The zero-order valence-corrected chi connectivity index (χ0v) is 10.2. The molecular weight excluding hydrogens is 224 g/mol. The average Bonchev–Trinajstić information content (AvgIpc) is 2.42. The van der Waals surface area contributed by atoms with Gasteiger partial charge in [-0.15, -0.1) is 0 Å². The fraction of sp³-hybridized carbons (Fsp3) is 0.267. The predicted molar refractivity (Wildman–Crippen MR) is 71.7 cm³/mol. The third kappa shape index (κ3) is 2.04. The van der Waals surface area contributed by atoms with E-state index in [0.717, 1.165) is 37.2 Å². The number of nitrogens with zero attached hydrogens (tertiary/aromatic N) is 1. The van der Waals surface area contributed by atoms with Gasteiger partial charge in [0.2, 0.25) is 0 Å². The topological polar surface area (TPSA) is 48.1 Å². The Morgan fingerprint density at radius 1 is 1.17 bits per heavy atom. The smallest absolute Gasteiger partial charge is 0.126 e. The second-order valence-corrected chi connectivity index (χ2v) is 4.58. The third-order valence-corrected chi connectivity index (χ3v) is 3.32. The minimum absolute atomic E-state index is 0.603. The molecule has 2 aromatic rings. The van der Waals surface area contributed by atoms with E-state index in [1.165, 1.54) is 11.1 Å². The average molecular weight is 240 g/mol. The minimum Gasteiger partial charge on any atom is -0.493 e. The predicted octanol–water partition coefficient (Wildman–Crippen LogP) is 2.58. The molecule has 0 saturated heterocycles. The van der Waals surface area contributed by atoms with Gasteiger partial charge in [0, 0.05) is 12.6 Å². The van der Waals surface area contributed by atoms with Gasteiger partial charge in [-0.05, 0) is 35.6 Å². The molecule has 0 radical (unpaired) electrons. The zero-order chi connectivity index (χ0) is 12.4. The van der Waals surface area contributed by atoms with Gasteiger partial charge in [-0.25, -0.2) is 4.98 Å². The molecule has 0 spiro atoms. The van der Waals surface area contributed by atoms with Crippen LogP contribution in [0, 0.1) is 0 Å². The van der Waals surface area contributed by atoms with Crippen molar-refractivity contribution in [2.75, 3.05) is 12.3 Å². The quantitative estimate of drug-likeness (QED) is 0.877. The number of aryl methyl sites for hydroxylation is 1. The summed E-state index contributed by atoms with van der Waals surface area (Å²) in [6.45, 7) is 0.812. The van der Waals surface area contributed by atoms with Crippen LogP contribution in [0.25, 0.3) is 0 Å². The fourth-order valence-corrected chi connectivity index (χ4v) is 2.40. The monoisotopic (exact) mass is 240 g/mol. The molecule has 1 aromatic carbocycles. The highest BCUT2D eigenvalue weighted by Crippen LogP contribution is 2.31. The highest BCUT2D eigenvalue weighted by molar-refractivity contribution is 5.48. The molecule has 3 nitrogen and oxygen atoms in total. The number of hydrogen-bond acceptors (Lipinski definition) is 3. The number of fused-ring (bicyclic) bond motifs is 1. The third-order valence-electron chi connectivity index (χ3n) is 3.32. The van der Waals surface area contributed by atoms with Gasteiger partial charge in [-0.3, -0.25) is 0 Å². The Kier molecular flexibility index (Phi) is 2.89. The van der Waals surface area contributed by atoms with E-state index in [1.807, 2.05) is 12.1 Å². The molecule has 1 aliphatic rings. The first-order chi connectivity index (χ1) is 8.84. The van der Waals surface area contributed by atoms with Gasteiger partial charge < -0.3 is 10.5 Å². The molecule has 0 unspecified atom stereocenters. The van der Waals surface area contributed by atoms with Crippen LogP contribution in [-0.4, -0.2) is 11.6 Å². The standard InChI is InChI=1S/C15H16N2O/c16-15-13(6-2-8-17-15)10-12-5-1-4-11-7-3-9-18-14(11)12/h1-2,4-6,8H,3,7,9-10H2,(H2,16,17). The van der Waals surface area contributed by atoms with Gasteiger partial charge >= 0.3 is 0 Å². The molecule has 1 aliphatic heterocycles. The first kappa shape index (κ1) is 11.1. The number of nitrogens with two attached hydrogens (primary N) is 1. The first-order valence-electron chi connectivity index (χ1n) is 6.27. The maximum Gasteiger partial charge on any atom is 0.126 e. The number of aromatic nitrogens is 1. The fourth-order valence-electron chi connectivity index (χ4n) is 2.40. The summed E-state index contributed by atoms with van der Waals surface area (Å²) >= 11 is 0. The van der Waals surface area contributed by atoms with E-state index >= 15 is 0 Å². The number of nitrogen functional groups attached to an aromatic ring is 1. The molecule has 0 bridgehead atoms. The molecule has 3 rings (SSSR count). The summed E-state index contributed by atoms with van der Waals surface area (Å²) < 4.78 is 5.81. The number of ether oxygens (including phenoxy) is 1. The summed E-state index contributed by atoms with van der Waals surface area (Å²) in [5.74, 6) is 1.65. The van der Waals surface area contributed by atoms with Crippen molar-refractivity contribution in [1.82, 2.24) is 4.98 Å².